The molecule has 3 rings (SSSR count). The molecule has 1 heterocycles. The topological polar surface area (TPSA) is 46.6 Å². The Bertz CT molecular complexity index is 717. The molecule has 1 aliphatic heterocycles. The number of nitrogens with zero attached hydrogens (tertiary/aromatic N) is 1. The van der Waals surface area contributed by atoms with E-state index in [2.05, 4.69) is 6.92 Å². The van der Waals surface area contributed by atoms with Gasteiger partial charge in [0.2, 0.25) is 0 Å². The number of amides is 2. The zero-order valence-electron chi connectivity index (χ0n) is 14.5. The third-order valence-electron chi connectivity index (χ3n) is 4.40. The first-order chi connectivity index (χ1) is 12.2. The molecule has 25 heavy (non-hydrogen) atoms. The molecule has 0 aliphatic carbocycles. The molecule has 0 N–H and O–H groups in total. The minimum atomic E-state index is -0.219. The third-order valence-corrected chi connectivity index (χ3v) is 4.40. The summed E-state index contributed by atoms with van der Waals surface area (Å²) in [5.41, 5.74) is 3.01. The number of hydrogen-bond acceptors (Lipinski definition) is 3. The Morgan fingerprint density at radius 2 is 1.44 bits per heavy atom. The largest absolute Gasteiger partial charge is 0.377 e. The zero-order chi connectivity index (χ0) is 17.6. The van der Waals surface area contributed by atoms with Gasteiger partial charge in [0.25, 0.3) is 11.8 Å². The Labute approximate surface area is 148 Å². The summed E-state index contributed by atoms with van der Waals surface area (Å²) in [5.74, 6) is -0.437. The van der Waals surface area contributed by atoms with Gasteiger partial charge in [-0.2, -0.15) is 0 Å². The Kier molecular flexibility index (Phi) is 5.61. The Balaban J connectivity index is 1.57. The lowest BCUT2D eigenvalue weighted by molar-refractivity contribution is 0.0642. The van der Waals surface area contributed by atoms with E-state index in [4.69, 9.17) is 4.74 Å². The first-order valence-corrected chi connectivity index (χ1v) is 8.81. The molecule has 0 fully saturated rings. The van der Waals surface area contributed by atoms with Crippen molar-refractivity contribution in [2.45, 2.75) is 39.3 Å². The van der Waals surface area contributed by atoms with Crippen molar-refractivity contribution in [3.05, 3.63) is 70.8 Å². The van der Waals surface area contributed by atoms with E-state index in [1.165, 1.54) is 17.7 Å². The molecule has 0 saturated heterocycles. The van der Waals surface area contributed by atoms with Crippen LogP contribution in [0.25, 0.3) is 0 Å². The van der Waals surface area contributed by atoms with E-state index >= 15 is 0 Å². The number of carbonyl (C=O) groups excluding carboxylic acids is 2. The molecule has 2 amide bonds. The normalized spacial score (nSPS) is 13.4. The molecule has 1 aliphatic rings. The van der Waals surface area contributed by atoms with Crippen LogP contribution >= 0.6 is 0 Å². The highest BCUT2D eigenvalue weighted by Crippen LogP contribution is 2.24. The number of carbonyl (C=O) groups is 2. The maximum Gasteiger partial charge on any atom is 0.261 e. The summed E-state index contributed by atoms with van der Waals surface area (Å²) in [4.78, 5) is 26.1. The SMILES string of the molecule is CCCCCOCc1ccc(CN2C(=O)c3ccccc3C2=O)cc1. The van der Waals surface area contributed by atoms with Crippen LogP contribution in [0.15, 0.2) is 48.5 Å². The second kappa shape index (κ2) is 8.08. The van der Waals surface area contributed by atoms with Gasteiger partial charge in [-0.15, -0.1) is 0 Å². The standard InChI is InChI=1S/C21H23NO3/c1-2-3-6-13-25-15-17-11-9-16(10-12-17)14-22-20(23)18-7-4-5-8-19(18)21(22)24/h4-5,7-12H,2-3,6,13-15H2,1H3. The molecular formula is C21H23NO3. The Morgan fingerprint density at radius 1 is 0.840 bits per heavy atom. The molecule has 130 valence electrons. The van der Waals surface area contributed by atoms with Gasteiger partial charge in [0.1, 0.15) is 0 Å². The zero-order valence-corrected chi connectivity index (χ0v) is 14.5. The molecule has 2 aromatic carbocycles. The van der Waals surface area contributed by atoms with Crippen molar-refractivity contribution < 1.29 is 14.3 Å². The first-order valence-electron chi connectivity index (χ1n) is 8.81. The Hall–Kier alpha value is -2.46. The molecule has 0 radical (unpaired) electrons. The van der Waals surface area contributed by atoms with Crippen molar-refractivity contribution in [1.82, 2.24) is 4.90 Å². The van der Waals surface area contributed by atoms with E-state index < -0.39 is 0 Å². The number of imide groups is 1. The maximum absolute atomic E-state index is 12.4. The van der Waals surface area contributed by atoms with Crippen LogP contribution in [0.3, 0.4) is 0 Å². The fourth-order valence-electron chi connectivity index (χ4n) is 2.95. The highest BCUT2D eigenvalue weighted by molar-refractivity contribution is 6.21. The second-order valence-corrected chi connectivity index (χ2v) is 6.32. The van der Waals surface area contributed by atoms with E-state index in [1.807, 2.05) is 24.3 Å². The number of hydrogen-bond donors (Lipinski definition) is 0. The summed E-state index contributed by atoms with van der Waals surface area (Å²) >= 11 is 0. The van der Waals surface area contributed by atoms with Crippen molar-refractivity contribution in [2.75, 3.05) is 6.61 Å². The van der Waals surface area contributed by atoms with Crippen molar-refractivity contribution in [3.63, 3.8) is 0 Å². The minimum absolute atomic E-state index is 0.219. The van der Waals surface area contributed by atoms with Gasteiger partial charge in [-0.05, 0) is 29.7 Å². The highest BCUT2D eigenvalue weighted by atomic mass is 16.5. The van der Waals surface area contributed by atoms with Crippen LogP contribution in [0.5, 0.6) is 0 Å². The summed E-state index contributed by atoms with van der Waals surface area (Å²) in [6.45, 7) is 3.85. The lowest BCUT2D eigenvalue weighted by Crippen LogP contribution is -2.29. The van der Waals surface area contributed by atoms with E-state index in [-0.39, 0.29) is 11.8 Å². The first kappa shape index (κ1) is 17.4. The monoisotopic (exact) mass is 337 g/mol. The number of benzene rings is 2. The number of rotatable bonds is 8. The summed E-state index contributed by atoms with van der Waals surface area (Å²) in [7, 11) is 0. The molecule has 0 aromatic heterocycles. The Morgan fingerprint density at radius 3 is 2.04 bits per heavy atom. The second-order valence-electron chi connectivity index (χ2n) is 6.32. The van der Waals surface area contributed by atoms with Crippen LogP contribution in [0.2, 0.25) is 0 Å². The van der Waals surface area contributed by atoms with Crippen molar-refractivity contribution in [2.24, 2.45) is 0 Å². The highest BCUT2D eigenvalue weighted by Gasteiger charge is 2.34. The molecule has 0 saturated carbocycles. The molecule has 0 bridgehead atoms. The molecule has 4 heteroatoms. The molecule has 4 nitrogen and oxygen atoms in total. The van der Waals surface area contributed by atoms with E-state index in [9.17, 15) is 9.59 Å². The van der Waals surface area contributed by atoms with Gasteiger partial charge in [-0.1, -0.05) is 56.2 Å². The van der Waals surface area contributed by atoms with Gasteiger partial charge in [0.15, 0.2) is 0 Å². The molecule has 2 aromatic rings. The average Bonchev–Trinajstić information content (AvgIpc) is 2.88. The fourth-order valence-corrected chi connectivity index (χ4v) is 2.95. The number of fused-ring (bicyclic) bond motifs is 1. The van der Waals surface area contributed by atoms with Gasteiger partial charge >= 0.3 is 0 Å². The molecule has 0 spiro atoms. The van der Waals surface area contributed by atoms with Gasteiger partial charge in [-0.3, -0.25) is 14.5 Å². The van der Waals surface area contributed by atoms with Crippen molar-refractivity contribution in [3.8, 4) is 0 Å². The van der Waals surface area contributed by atoms with Crippen LogP contribution in [-0.4, -0.2) is 23.3 Å². The van der Waals surface area contributed by atoms with Gasteiger partial charge in [0, 0.05) is 6.61 Å². The predicted molar refractivity (Wildman–Crippen MR) is 96.3 cm³/mol. The quantitative estimate of drug-likeness (QED) is 0.536. The van der Waals surface area contributed by atoms with Crippen LogP contribution in [-0.2, 0) is 17.9 Å². The third kappa shape index (κ3) is 3.97. The van der Waals surface area contributed by atoms with Crippen molar-refractivity contribution >= 4 is 11.8 Å². The lowest BCUT2D eigenvalue weighted by Gasteiger charge is -2.14. The fraction of sp³-hybridized carbons (Fsp3) is 0.333. The van der Waals surface area contributed by atoms with Gasteiger partial charge < -0.3 is 4.74 Å². The molecular weight excluding hydrogens is 314 g/mol. The average molecular weight is 337 g/mol. The summed E-state index contributed by atoms with van der Waals surface area (Å²) in [6, 6.07) is 14.9. The van der Waals surface area contributed by atoms with Gasteiger partial charge in [-0.25, -0.2) is 0 Å². The van der Waals surface area contributed by atoms with E-state index in [1.54, 1.807) is 24.3 Å². The van der Waals surface area contributed by atoms with Crippen LogP contribution in [0.4, 0.5) is 0 Å². The van der Waals surface area contributed by atoms with Crippen molar-refractivity contribution in [1.29, 1.82) is 0 Å². The maximum atomic E-state index is 12.4. The molecule has 0 atom stereocenters. The van der Waals surface area contributed by atoms with E-state index in [0.717, 1.165) is 24.2 Å². The summed E-state index contributed by atoms with van der Waals surface area (Å²) in [6.07, 6.45) is 3.48. The van der Waals surface area contributed by atoms with Crippen LogP contribution in [0, 0.1) is 0 Å². The number of ether oxygens (including phenoxy) is 1. The van der Waals surface area contributed by atoms with E-state index in [0.29, 0.717) is 24.3 Å². The summed E-state index contributed by atoms with van der Waals surface area (Å²) in [5, 5.41) is 0. The number of unbranched alkanes of at least 4 members (excludes halogenated alkanes) is 2. The summed E-state index contributed by atoms with van der Waals surface area (Å²) < 4.78 is 5.65. The molecule has 0 unspecified atom stereocenters. The van der Waals surface area contributed by atoms with Crippen LogP contribution in [0.1, 0.15) is 58.0 Å². The lowest BCUT2D eigenvalue weighted by atomic mass is 10.1. The van der Waals surface area contributed by atoms with Crippen LogP contribution < -0.4 is 0 Å². The predicted octanol–water partition coefficient (Wildman–Crippen LogP) is 4.19. The van der Waals surface area contributed by atoms with Gasteiger partial charge in [0.05, 0.1) is 24.3 Å². The minimum Gasteiger partial charge on any atom is -0.377 e. The smallest absolute Gasteiger partial charge is 0.261 e.